The smallest absolute Gasteiger partial charge is 0.142 e. The van der Waals surface area contributed by atoms with Crippen LogP contribution in [-0.4, -0.2) is 10.1 Å². The lowest BCUT2D eigenvalue weighted by Crippen LogP contribution is -1.69. The lowest BCUT2D eigenvalue weighted by Gasteiger charge is -1.88. The first-order valence-electron chi connectivity index (χ1n) is 3.73. The van der Waals surface area contributed by atoms with E-state index in [1.807, 2.05) is 6.92 Å². The Labute approximate surface area is 84.3 Å². The molecule has 2 heterocycles. The van der Waals surface area contributed by atoms with E-state index in [0.29, 0.717) is 5.88 Å². The summed E-state index contributed by atoms with van der Waals surface area (Å²) in [6.07, 6.45) is 3.49. The van der Waals surface area contributed by atoms with Crippen LogP contribution in [-0.2, 0) is 5.88 Å². The van der Waals surface area contributed by atoms with Gasteiger partial charge in [0.2, 0.25) is 0 Å². The molecule has 0 aliphatic rings. The molecule has 0 atom stereocenters. The molecule has 13 heavy (non-hydrogen) atoms. The van der Waals surface area contributed by atoms with Crippen molar-refractivity contribution in [1.82, 2.24) is 10.1 Å². The van der Waals surface area contributed by atoms with E-state index in [1.165, 1.54) is 0 Å². The molecule has 0 N–H and O–H groups in total. The van der Waals surface area contributed by atoms with Gasteiger partial charge in [-0.1, -0.05) is 5.16 Å². The molecule has 0 amide bonds. The number of hydrogen-bond acceptors (Lipinski definition) is 4. The molecule has 0 aliphatic carbocycles. The highest BCUT2D eigenvalue weighted by Gasteiger charge is 2.09. The van der Waals surface area contributed by atoms with Crippen LogP contribution in [0.1, 0.15) is 10.8 Å². The van der Waals surface area contributed by atoms with Crippen molar-refractivity contribution in [3.05, 3.63) is 23.2 Å². The fourth-order valence-corrected chi connectivity index (χ4v) is 2.09. The van der Waals surface area contributed by atoms with E-state index in [0.717, 1.165) is 21.2 Å². The molecule has 5 heteroatoms. The van der Waals surface area contributed by atoms with Gasteiger partial charge in [0.25, 0.3) is 0 Å². The maximum atomic E-state index is 5.65. The van der Waals surface area contributed by atoms with E-state index < -0.39 is 0 Å². The zero-order valence-corrected chi connectivity index (χ0v) is 8.52. The molecule has 0 unspecified atom stereocenters. The Kier molecular flexibility index (Phi) is 2.33. The van der Waals surface area contributed by atoms with Crippen molar-refractivity contribution in [1.29, 1.82) is 0 Å². The highest BCUT2D eigenvalue weighted by molar-refractivity contribution is 7.15. The summed E-state index contributed by atoms with van der Waals surface area (Å²) in [5, 5.41) is 4.62. The summed E-state index contributed by atoms with van der Waals surface area (Å²) in [7, 11) is 0. The first-order valence-corrected chi connectivity index (χ1v) is 5.08. The zero-order valence-electron chi connectivity index (χ0n) is 6.95. The maximum Gasteiger partial charge on any atom is 0.142 e. The maximum absolute atomic E-state index is 5.65. The predicted molar refractivity (Wildman–Crippen MR) is 51.9 cm³/mol. The summed E-state index contributed by atoms with van der Waals surface area (Å²) >= 11 is 7.21. The molecule has 0 radical (unpaired) electrons. The van der Waals surface area contributed by atoms with E-state index in [1.54, 1.807) is 23.7 Å². The average molecular weight is 215 g/mol. The SMILES string of the molecule is Cc1oncc1-c1cnc(CCl)s1. The molecule has 3 nitrogen and oxygen atoms in total. The van der Waals surface area contributed by atoms with Crippen molar-refractivity contribution < 1.29 is 4.52 Å². The summed E-state index contributed by atoms with van der Waals surface area (Å²) in [4.78, 5) is 5.20. The topological polar surface area (TPSA) is 38.9 Å². The Hall–Kier alpha value is -0.870. The molecule has 2 aromatic rings. The fraction of sp³-hybridized carbons (Fsp3) is 0.250. The molecule has 0 saturated carbocycles. The number of thiazole rings is 1. The molecule has 2 rings (SSSR count). The third-order valence-corrected chi connectivity index (χ3v) is 3.13. The molecule has 0 bridgehead atoms. The minimum absolute atomic E-state index is 0.453. The number of hydrogen-bond donors (Lipinski definition) is 0. The van der Waals surface area contributed by atoms with Crippen molar-refractivity contribution in [2.45, 2.75) is 12.8 Å². The van der Waals surface area contributed by atoms with Gasteiger partial charge in [-0.25, -0.2) is 4.98 Å². The third kappa shape index (κ3) is 1.59. The minimum atomic E-state index is 0.453. The molecular formula is C8H7ClN2OS. The third-order valence-electron chi connectivity index (χ3n) is 1.68. The normalized spacial score (nSPS) is 10.6. The molecular weight excluding hydrogens is 208 g/mol. The molecule has 0 aliphatic heterocycles. The number of rotatable bonds is 2. The van der Waals surface area contributed by atoms with Crippen LogP contribution in [0.5, 0.6) is 0 Å². The van der Waals surface area contributed by atoms with Gasteiger partial charge in [-0.2, -0.15) is 0 Å². The van der Waals surface area contributed by atoms with Gasteiger partial charge in [-0.15, -0.1) is 22.9 Å². The van der Waals surface area contributed by atoms with Gasteiger partial charge in [0, 0.05) is 6.20 Å². The second-order valence-electron chi connectivity index (χ2n) is 2.55. The zero-order chi connectivity index (χ0) is 9.26. The lowest BCUT2D eigenvalue weighted by atomic mass is 10.2. The van der Waals surface area contributed by atoms with E-state index in [4.69, 9.17) is 16.1 Å². The number of nitrogens with zero attached hydrogens (tertiary/aromatic N) is 2. The number of aromatic nitrogens is 2. The van der Waals surface area contributed by atoms with E-state index in [9.17, 15) is 0 Å². The predicted octanol–water partition coefficient (Wildman–Crippen LogP) is 2.85. The Morgan fingerprint density at radius 1 is 1.54 bits per heavy atom. The lowest BCUT2D eigenvalue weighted by molar-refractivity contribution is 0.398. The van der Waals surface area contributed by atoms with Crippen LogP contribution in [0.15, 0.2) is 16.9 Å². The van der Waals surface area contributed by atoms with Gasteiger partial charge in [0.15, 0.2) is 0 Å². The van der Waals surface area contributed by atoms with E-state index >= 15 is 0 Å². The van der Waals surface area contributed by atoms with Crippen LogP contribution in [0.2, 0.25) is 0 Å². The second kappa shape index (κ2) is 3.47. The van der Waals surface area contributed by atoms with Crippen molar-refractivity contribution in [3.8, 4) is 10.4 Å². The summed E-state index contributed by atoms with van der Waals surface area (Å²) in [6.45, 7) is 1.88. The van der Waals surface area contributed by atoms with Crippen molar-refractivity contribution >= 4 is 22.9 Å². The Balaban J connectivity index is 2.41. The molecule has 2 aromatic heterocycles. The summed E-state index contributed by atoms with van der Waals surface area (Å²) in [5.41, 5.74) is 0.994. The first-order chi connectivity index (χ1) is 6.31. The molecule has 0 aromatic carbocycles. The van der Waals surface area contributed by atoms with Crippen molar-refractivity contribution in [2.24, 2.45) is 0 Å². The van der Waals surface area contributed by atoms with Crippen LogP contribution < -0.4 is 0 Å². The Morgan fingerprint density at radius 3 is 2.92 bits per heavy atom. The van der Waals surface area contributed by atoms with Gasteiger partial charge in [-0.05, 0) is 6.92 Å². The van der Waals surface area contributed by atoms with E-state index in [-0.39, 0.29) is 0 Å². The largest absolute Gasteiger partial charge is 0.361 e. The molecule has 0 spiro atoms. The second-order valence-corrected chi connectivity index (χ2v) is 3.93. The van der Waals surface area contributed by atoms with Crippen LogP contribution >= 0.6 is 22.9 Å². The van der Waals surface area contributed by atoms with Gasteiger partial charge in [-0.3, -0.25) is 0 Å². The van der Waals surface area contributed by atoms with Gasteiger partial charge in [0.05, 0.1) is 22.5 Å². The van der Waals surface area contributed by atoms with Crippen LogP contribution in [0.3, 0.4) is 0 Å². The number of alkyl halides is 1. The summed E-state index contributed by atoms with van der Waals surface area (Å²) < 4.78 is 4.96. The number of halogens is 1. The quantitative estimate of drug-likeness (QED) is 0.722. The van der Waals surface area contributed by atoms with Crippen molar-refractivity contribution in [3.63, 3.8) is 0 Å². The summed E-state index contributed by atoms with van der Waals surface area (Å²) in [5.74, 6) is 1.26. The molecule has 0 saturated heterocycles. The van der Waals surface area contributed by atoms with Crippen LogP contribution in [0.25, 0.3) is 10.4 Å². The minimum Gasteiger partial charge on any atom is -0.361 e. The van der Waals surface area contributed by atoms with Gasteiger partial charge in [0.1, 0.15) is 10.8 Å². The Morgan fingerprint density at radius 2 is 2.38 bits per heavy atom. The molecule has 68 valence electrons. The fourth-order valence-electron chi connectivity index (χ4n) is 1.03. The van der Waals surface area contributed by atoms with Crippen LogP contribution in [0.4, 0.5) is 0 Å². The monoisotopic (exact) mass is 214 g/mol. The highest BCUT2D eigenvalue weighted by atomic mass is 35.5. The molecule has 0 fully saturated rings. The van der Waals surface area contributed by atoms with Gasteiger partial charge < -0.3 is 4.52 Å². The highest BCUT2D eigenvalue weighted by Crippen LogP contribution is 2.28. The van der Waals surface area contributed by atoms with Gasteiger partial charge >= 0.3 is 0 Å². The van der Waals surface area contributed by atoms with Crippen molar-refractivity contribution in [2.75, 3.05) is 0 Å². The Bertz CT molecular complexity index is 410. The van der Waals surface area contributed by atoms with Crippen LogP contribution in [0, 0.1) is 6.92 Å². The first kappa shape index (κ1) is 8.72. The average Bonchev–Trinajstić information content (AvgIpc) is 2.71. The summed E-state index contributed by atoms with van der Waals surface area (Å²) in [6, 6.07) is 0. The van der Waals surface area contributed by atoms with E-state index in [2.05, 4.69) is 10.1 Å². The number of aryl methyl sites for hydroxylation is 1. The standard InChI is InChI=1S/C8H7ClN2OS/c1-5-6(3-11-12-5)7-4-10-8(2-9)13-7/h3-4H,2H2,1H3.